The molecule has 1 aliphatic heterocycles. The van der Waals surface area contributed by atoms with Gasteiger partial charge >= 0.3 is 0 Å². The maximum atomic E-state index is 13.4. The van der Waals surface area contributed by atoms with Crippen molar-refractivity contribution < 1.29 is 18.8 Å². The van der Waals surface area contributed by atoms with Gasteiger partial charge in [-0.05, 0) is 23.8 Å². The van der Waals surface area contributed by atoms with Crippen LogP contribution in [0.15, 0.2) is 24.3 Å². The van der Waals surface area contributed by atoms with Gasteiger partial charge in [0.2, 0.25) is 11.8 Å². The fraction of sp³-hybridized carbons (Fsp3) is 0.353. The fourth-order valence-electron chi connectivity index (χ4n) is 2.42. The fourth-order valence-corrected chi connectivity index (χ4v) is 2.54. The SMILES string of the molecule is O=CCCN1CCN(C(=O)C=Cc2ccc(Cl)c(F)c2)CCC1=O. The molecule has 0 aromatic heterocycles. The number of hydrogen-bond acceptors (Lipinski definition) is 3. The number of carbonyl (C=O) groups excluding carboxylic acids is 3. The lowest BCUT2D eigenvalue weighted by molar-refractivity contribution is -0.130. The third-order valence-electron chi connectivity index (χ3n) is 3.78. The predicted octanol–water partition coefficient (Wildman–Crippen LogP) is 2.14. The normalized spacial score (nSPS) is 15.7. The van der Waals surface area contributed by atoms with E-state index in [2.05, 4.69) is 0 Å². The molecule has 1 aromatic carbocycles. The van der Waals surface area contributed by atoms with E-state index in [-0.39, 0.29) is 23.3 Å². The molecular weight excluding hydrogens is 335 g/mol. The van der Waals surface area contributed by atoms with Crippen LogP contribution in [0, 0.1) is 5.82 Å². The summed E-state index contributed by atoms with van der Waals surface area (Å²) >= 11 is 5.61. The van der Waals surface area contributed by atoms with Gasteiger partial charge in [0.25, 0.3) is 0 Å². The average molecular weight is 353 g/mol. The Bertz CT molecular complexity index is 663. The molecule has 1 aromatic rings. The van der Waals surface area contributed by atoms with Gasteiger partial charge in [-0.15, -0.1) is 0 Å². The minimum Gasteiger partial charge on any atom is -0.340 e. The number of aldehydes is 1. The van der Waals surface area contributed by atoms with Crippen molar-refractivity contribution >= 4 is 35.8 Å². The zero-order valence-electron chi connectivity index (χ0n) is 13.1. The zero-order valence-corrected chi connectivity index (χ0v) is 13.8. The van der Waals surface area contributed by atoms with Gasteiger partial charge < -0.3 is 14.6 Å². The molecule has 0 N–H and O–H groups in total. The molecule has 128 valence electrons. The first-order chi connectivity index (χ1) is 11.5. The van der Waals surface area contributed by atoms with E-state index in [1.807, 2.05) is 0 Å². The largest absolute Gasteiger partial charge is 0.340 e. The zero-order chi connectivity index (χ0) is 17.5. The summed E-state index contributed by atoms with van der Waals surface area (Å²) in [5.74, 6) is -0.844. The highest BCUT2D eigenvalue weighted by Crippen LogP contribution is 2.16. The second-order valence-electron chi connectivity index (χ2n) is 5.42. The lowest BCUT2D eigenvalue weighted by Crippen LogP contribution is -2.35. The van der Waals surface area contributed by atoms with Crippen LogP contribution < -0.4 is 0 Å². The lowest BCUT2D eigenvalue weighted by Gasteiger charge is -2.20. The molecule has 0 saturated carbocycles. The molecule has 0 bridgehead atoms. The van der Waals surface area contributed by atoms with E-state index >= 15 is 0 Å². The van der Waals surface area contributed by atoms with Crippen LogP contribution in [-0.2, 0) is 14.4 Å². The quantitative estimate of drug-likeness (QED) is 0.602. The van der Waals surface area contributed by atoms with Crippen LogP contribution in [0.1, 0.15) is 18.4 Å². The molecule has 2 rings (SSSR count). The maximum absolute atomic E-state index is 13.4. The van der Waals surface area contributed by atoms with Gasteiger partial charge in [0, 0.05) is 45.1 Å². The average Bonchev–Trinajstić information content (AvgIpc) is 2.75. The van der Waals surface area contributed by atoms with Crippen molar-refractivity contribution in [2.45, 2.75) is 12.8 Å². The van der Waals surface area contributed by atoms with Crippen LogP contribution in [0.25, 0.3) is 6.08 Å². The minimum atomic E-state index is -0.544. The summed E-state index contributed by atoms with van der Waals surface area (Å²) in [5, 5.41) is 0.0277. The summed E-state index contributed by atoms with van der Waals surface area (Å²) in [6.45, 7) is 1.52. The summed E-state index contributed by atoms with van der Waals surface area (Å²) in [6, 6.07) is 4.29. The van der Waals surface area contributed by atoms with Crippen molar-refractivity contribution in [3.05, 3.63) is 40.7 Å². The van der Waals surface area contributed by atoms with Crippen molar-refractivity contribution in [2.24, 2.45) is 0 Å². The van der Waals surface area contributed by atoms with Crippen LogP contribution in [0.4, 0.5) is 4.39 Å². The Kier molecular flexibility index (Phi) is 6.49. The summed E-state index contributed by atoms with van der Waals surface area (Å²) in [4.78, 5) is 37.8. The molecule has 1 saturated heterocycles. The Hall–Kier alpha value is -2.21. The van der Waals surface area contributed by atoms with E-state index in [4.69, 9.17) is 11.6 Å². The number of hydrogen-bond donors (Lipinski definition) is 0. The van der Waals surface area contributed by atoms with E-state index in [0.717, 1.165) is 6.29 Å². The van der Waals surface area contributed by atoms with Crippen molar-refractivity contribution in [3.8, 4) is 0 Å². The number of halogens is 2. The van der Waals surface area contributed by atoms with E-state index in [1.54, 1.807) is 15.9 Å². The smallest absolute Gasteiger partial charge is 0.246 e. The molecule has 1 heterocycles. The van der Waals surface area contributed by atoms with Gasteiger partial charge in [0.15, 0.2) is 0 Å². The van der Waals surface area contributed by atoms with Gasteiger partial charge in [0.05, 0.1) is 5.02 Å². The Morgan fingerprint density at radius 3 is 2.79 bits per heavy atom. The third-order valence-corrected chi connectivity index (χ3v) is 4.09. The summed E-state index contributed by atoms with van der Waals surface area (Å²) in [6.07, 6.45) is 4.16. The third kappa shape index (κ3) is 4.89. The number of nitrogens with zero attached hydrogens (tertiary/aromatic N) is 2. The van der Waals surface area contributed by atoms with Gasteiger partial charge in [-0.3, -0.25) is 9.59 Å². The van der Waals surface area contributed by atoms with E-state index < -0.39 is 5.82 Å². The van der Waals surface area contributed by atoms with Gasteiger partial charge in [-0.2, -0.15) is 0 Å². The predicted molar refractivity (Wildman–Crippen MR) is 88.9 cm³/mol. The Morgan fingerprint density at radius 1 is 1.29 bits per heavy atom. The molecule has 0 unspecified atom stereocenters. The van der Waals surface area contributed by atoms with Crippen LogP contribution in [-0.4, -0.2) is 54.1 Å². The van der Waals surface area contributed by atoms with E-state index in [1.165, 1.54) is 24.3 Å². The molecule has 5 nitrogen and oxygen atoms in total. The highest BCUT2D eigenvalue weighted by Gasteiger charge is 2.22. The highest BCUT2D eigenvalue weighted by molar-refractivity contribution is 6.30. The molecule has 0 aliphatic carbocycles. The van der Waals surface area contributed by atoms with Gasteiger partial charge in [-0.1, -0.05) is 17.7 Å². The number of rotatable bonds is 5. The van der Waals surface area contributed by atoms with E-state index in [0.29, 0.717) is 38.2 Å². The first-order valence-electron chi connectivity index (χ1n) is 7.64. The molecule has 0 atom stereocenters. The molecule has 2 amide bonds. The number of benzene rings is 1. The summed E-state index contributed by atoms with van der Waals surface area (Å²) < 4.78 is 13.4. The molecule has 0 spiro atoms. The lowest BCUT2D eigenvalue weighted by atomic mass is 10.2. The molecule has 1 fully saturated rings. The number of carbonyl (C=O) groups is 3. The van der Waals surface area contributed by atoms with Crippen LogP contribution >= 0.6 is 11.6 Å². The molecule has 7 heteroatoms. The summed E-state index contributed by atoms with van der Waals surface area (Å²) in [7, 11) is 0. The van der Waals surface area contributed by atoms with Crippen molar-refractivity contribution in [1.29, 1.82) is 0 Å². The van der Waals surface area contributed by atoms with Crippen molar-refractivity contribution in [2.75, 3.05) is 26.2 Å². The first kappa shape index (κ1) is 18.1. The summed E-state index contributed by atoms with van der Waals surface area (Å²) in [5.41, 5.74) is 0.531. The Labute approximate surface area is 144 Å². The first-order valence-corrected chi connectivity index (χ1v) is 8.02. The van der Waals surface area contributed by atoms with Gasteiger partial charge in [-0.25, -0.2) is 4.39 Å². The van der Waals surface area contributed by atoms with Crippen LogP contribution in [0.3, 0.4) is 0 Å². The second kappa shape index (κ2) is 8.59. The molecular formula is C17H18ClFN2O3. The second-order valence-corrected chi connectivity index (χ2v) is 5.83. The van der Waals surface area contributed by atoms with Crippen molar-refractivity contribution in [3.63, 3.8) is 0 Å². The van der Waals surface area contributed by atoms with Gasteiger partial charge in [0.1, 0.15) is 12.1 Å². The number of amides is 2. The van der Waals surface area contributed by atoms with E-state index in [9.17, 15) is 18.8 Å². The minimum absolute atomic E-state index is 0.0277. The topological polar surface area (TPSA) is 57.7 Å². The Morgan fingerprint density at radius 2 is 2.08 bits per heavy atom. The Balaban J connectivity index is 1.96. The van der Waals surface area contributed by atoms with Crippen LogP contribution in [0.5, 0.6) is 0 Å². The molecule has 24 heavy (non-hydrogen) atoms. The molecule has 0 radical (unpaired) electrons. The maximum Gasteiger partial charge on any atom is 0.246 e. The molecule has 1 aliphatic rings. The highest BCUT2D eigenvalue weighted by atomic mass is 35.5. The standard InChI is InChI=1S/C17H18ClFN2O3/c18-14-4-2-13(12-15(14)19)3-5-16(23)21-8-6-17(24)20(9-10-21)7-1-11-22/h2-5,11-12H,1,6-10H2. The monoisotopic (exact) mass is 352 g/mol. The van der Waals surface area contributed by atoms with Crippen molar-refractivity contribution in [1.82, 2.24) is 9.80 Å². The van der Waals surface area contributed by atoms with Crippen LogP contribution in [0.2, 0.25) is 5.02 Å².